The third-order valence-corrected chi connectivity index (χ3v) is 5.08. The van der Waals surface area contributed by atoms with Gasteiger partial charge < -0.3 is 9.67 Å². The van der Waals surface area contributed by atoms with Crippen LogP contribution in [0.25, 0.3) is 0 Å². The zero-order chi connectivity index (χ0) is 18.0. The number of aromatic nitrogens is 1. The van der Waals surface area contributed by atoms with Gasteiger partial charge in [0.25, 0.3) is 0 Å². The number of carboxylic acids is 1. The molecule has 1 heterocycles. The summed E-state index contributed by atoms with van der Waals surface area (Å²) in [4.78, 5) is 17.0. The Morgan fingerprint density at radius 3 is 2.25 bits per heavy atom. The van der Waals surface area contributed by atoms with Crippen molar-refractivity contribution in [1.29, 1.82) is 0 Å². The predicted molar refractivity (Wildman–Crippen MR) is 99.5 cm³/mol. The van der Waals surface area contributed by atoms with E-state index in [1.807, 2.05) is 49.6 Å². The summed E-state index contributed by atoms with van der Waals surface area (Å²) in [6.45, 7) is 7.74. The summed E-state index contributed by atoms with van der Waals surface area (Å²) in [6.07, 6.45) is 0. The van der Waals surface area contributed by atoms with Crippen LogP contribution in [-0.2, 0) is 0 Å². The maximum absolute atomic E-state index is 11.7. The summed E-state index contributed by atoms with van der Waals surface area (Å²) in [5, 5.41) is 10.2. The van der Waals surface area contributed by atoms with E-state index in [0.717, 1.165) is 22.6 Å². The maximum atomic E-state index is 11.7. The summed E-state index contributed by atoms with van der Waals surface area (Å²) in [7, 11) is 0. The minimum Gasteiger partial charge on any atom is -0.477 e. The molecule has 0 fully saturated rings. The summed E-state index contributed by atoms with van der Waals surface area (Å²) < 4.78 is 1.97. The Kier molecular flexibility index (Phi) is 6.12. The molecular weight excluding hydrogens is 367 g/mol. The second kappa shape index (κ2) is 7.72. The van der Waals surface area contributed by atoms with Crippen molar-refractivity contribution < 1.29 is 9.90 Å². The van der Waals surface area contributed by atoms with Crippen LogP contribution in [0.2, 0.25) is 5.02 Å². The minimum absolute atomic E-state index is 0.0386. The smallest absolute Gasteiger partial charge is 0.347 e. The Morgan fingerprint density at radius 1 is 1.21 bits per heavy atom. The molecule has 2 atom stereocenters. The fourth-order valence-electron chi connectivity index (χ4n) is 2.60. The van der Waals surface area contributed by atoms with E-state index in [4.69, 9.17) is 23.2 Å². The Hall–Kier alpha value is -1.30. The van der Waals surface area contributed by atoms with Crippen LogP contribution in [0.15, 0.2) is 29.3 Å². The van der Waals surface area contributed by atoms with E-state index in [1.54, 1.807) is 6.92 Å². The molecule has 0 radical (unpaired) electrons. The first-order valence-electron chi connectivity index (χ1n) is 7.64. The SMILES string of the molecule is CC(Cl)/N=c1/sc(C(=O)O)c(C(C)C)n1[C@@H](C)c1ccc(Cl)cc1. The molecule has 0 aliphatic rings. The topological polar surface area (TPSA) is 54.6 Å². The fourth-order valence-corrected chi connectivity index (χ4v) is 4.15. The second-order valence-electron chi connectivity index (χ2n) is 5.86. The highest BCUT2D eigenvalue weighted by Crippen LogP contribution is 2.28. The van der Waals surface area contributed by atoms with E-state index >= 15 is 0 Å². The number of rotatable bonds is 5. The maximum Gasteiger partial charge on any atom is 0.347 e. The summed E-state index contributed by atoms with van der Waals surface area (Å²) >= 11 is 13.2. The molecule has 0 aliphatic carbocycles. The van der Waals surface area contributed by atoms with Crippen molar-refractivity contribution in [2.45, 2.75) is 45.2 Å². The molecule has 2 rings (SSSR count). The van der Waals surface area contributed by atoms with Gasteiger partial charge in [-0.3, -0.25) is 0 Å². The molecule has 0 spiro atoms. The molecule has 4 nitrogen and oxygen atoms in total. The average Bonchev–Trinajstić information content (AvgIpc) is 2.86. The van der Waals surface area contributed by atoms with E-state index in [0.29, 0.717) is 14.7 Å². The molecule has 0 saturated heterocycles. The molecule has 24 heavy (non-hydrogen) atoms. The Morgan fingerprint density at radius 2 is 1.79 bits per heavy atom. The van der Waals surface area contributed by atoms with Crippen LogP contribution in [0.4, 0.5) is 0 Å². The largest absolute Gasteiger partial charge is 0.477 e. The lowest BCUT2D eigenvalue weighted by molar-refractivity contribution is 0.0699. The molecule has 0 saturated carbocycles. The number of thiazole rings is 1. The zero-order valence-electron chi connectivity index (χ0n) is 14.0. The molecule has 1 aromatic heterocycles. The van der Waals surface area contributed by atoms with Gasteiger partial charge in [-0.05, 0) is 37.5 Å². The number of carbonyl (C=O) groups is 1. The van der Waals surface area contributed by atoms with Gasteiger partial charge in [-0.2, -0.15) is 0 Å². The molecule has 1 aromatic carbocycles. The van der Waals surface area contributed by atoms with Crippen LogP contribution < -0.4 is 4.80 Å². The number of carboxylic acid groups (broad SMARTS) is 1. The first-order chi connectivity index (χ1) is 11.2. The van der Waals surface area contributed by atoms with Gasteiger partial charge in [-0.15, -0.1) is 0 Å². The normalized spacial score (nSPS) is 14.9. The van der Waals surface area contributed by atoms with E-state index in [-0.39, 0.29) is 12.0 Å². The van der Waals surface area contributed by atoms with Gasteiger partial charge in [-0.25, -0.2) is 9.79 Å². The van der Waals surface area contributed by atoms with Crippen LogP contribution in [0, 0.1) is 0 Å². The number of benzene rings is 1. The monoisotopic (exact) mass is 386 g/mol. The number of hydrogen-bond donors (Lipinski definition) is 1. The minimum atomic E-state index is -0.940. The molecule has 0 aliphatic heterocycles. The first kappa shape index (κ1) is 19.0. The second-order valence-corrected chi connectivity index (χ2v) is 7.91. The lowest BCUT2D eigenvalue weighted by atomic mass is 10.0. The first-order valence-corrected chi connectivity index (χ1v) is 9.27. The average molecular weight is 387 g/mol. The third-order valence-electron chi connectivity index (χ3n) is 3.66. The van der Waals surface area contributed by atoms with Gasteiger partial charge in [0.05, 0.1) is 6.04 Å². The predicted octanol–water partition coefficient (Wildman–Crippen LogP) is 5.12. The van der Waals surface area contributed by atoms with Crippen molar-refractivity contribution in [2.24, 2.45) is 4.99 Å². The van der Waals surface area contributed by atoms with E-state index in [9.17, 15) is 9.90 Å². The van der Waals surface area contributed by atoms with E-state index < -0.39 is 11.5 Å². The van der Waals surface area contributed by atoms with Gasteiger partial charge >= 0.3 is 5.97 Å². The highest BCUT2D eigenvalue weighted by atomic mass is 35.5. The quantitative estimate of drug-likeness (QED) is 0.572. The van der Waals surface area contributed by atoms with Crippen LogP contribution in [0.1, 0.15) is 60.6 Å². The van der Waals surface area contributed by atoms with E-state index in [2.05, 4.69) is 4.99 Å². The number of hydrogen-bond acceptors (Lipinski definition) is 3. The van der Waals surface area contributed by atoms with Crippen molar-refractivity contribution in [2.75, 3.05) is 0 Å². The molecule has 130 valence electrons. The number of alkyl halides is 1. The lowest BCUT2D eigenvalue weighted by Gasteiger charge is -2.20. The van der Waals surface area contributed by atoms with Crippen LogP contribution >= 0.6 is 34.5 Å². The van der Waals surface area contributed by atoms with Crippen molar-refractivity contribution in [3.8, 4) is 0 Å². The molecule has 1 N–H and O–H groups in total. The number of halogens is 2. The Bertz CT molecular complexity index is 792. The van der Waals surface area contributed by atoms with Gasteiger partial charge in [0, 0.05) is 10.7 Å². The van der Waals surface area contributed by atoms with Gasteiger partial charge in [0.15, 0.2) is 4.80 Å². The van der Waals surface area contributed by atoms with Crippen LogP contribution in [-0.4, -0.2) is 21.1 Å². The Balaban J connectivity index is 2.73. The zero-order valence-corrected chi connectivity index (χ0v) is 16.3. The fraction of sp³-hybridized carbons (Fsp3) is 0.412. The van der Waals surface area contributed by atoms with Crippen LogP contribution in [0.5, 0.6) is 0 Å². The van der Waals surface area contributed by atoms with E-state index in [1.165, 1.54) is 0 Å². The lowest BCUT2D eigenvalue weighted by Crippen LogP contribution is -2.24. The highest BCUT2D eigenvalue weighted by molar-refractivity contribution is 7.11. The summed E-state index contributed by atoms with van der Waals surface area (Å²) in [6, 6.07) is 7.45. The molecule has 0 bridgehead atoms. The number of nitrogens with zero attached hydrogens (tertiary/aromatic N) is 2. The molecule has 0 amide bonds. The van der Waals surface area contributed by atoms with Gasteiger partial charge in [0.2, 0.25) is 0 Å². The molecular formula is C17H20Cl2N2O2S. The Labute approximate surface area is 155 Å². The molecule has 7 heteroatoms. The van der Waals surface area contributed by atoms with Crippen molar-refractivity contribution >= 4 is 40.5 Å². The summed E-state index contributed by atoms with van der Waals surface area (Å²) in [5.74, 6) is -0.902. The van der Waals surface area contributed by atoms with Gasteiger partial charge in [0.1, 0.15) is 10.4 Å². The van der Waals surface area contributed by atoms with Crippen molar-refractivity contribution in [3.05, 3.63) is 50.2 Å². The molecule has 2 aromatic rings. The van der Waals surface area contributed by atoms with Crippen molar-refractivity contribution in [1.82, 2.24) is 4.57 Å². The third kappa shape index (κ3) is 4.02. The van der Waals surface area contributed by atoms with Crippen molar-refractivity contribution in [3.63, 3.8) is 0 Å². The number of aromatic carboxylic acids is 1. The summed E-state index contributed by atoms with van der Waals surface area (Å²) in [5.41, 5.74) is 1.35. The molecule has 1 unspecified atom stereocenters. The van der Waals surface area contributed by atoms with Crippen LogP contribution in [0.3, 0.4) is 0 Å². The van der Waals surface area contributed by atoms with Gasteiger partial charge in [-0.1, -0.05) is 60.5 Å². The highest BCUT2D eigenvalue weighted by Gasteiger charge is 2.25. The standard InChI is InChI=1S/C17H20Cl2N2O2S/c1-9(2)14-15(16(22)23)24-17(20-11(4)18)21(14)10(3)12-5-7-13(19)8-6-12/h5-11H,1-4H3,(H,22,23)/b20-17+/t10-,11?/m0/s1.